The largest absolute Gasteiger partial charge is 0.396 e. The highest BCUT2D eigenvalue weighted by Crippen LogP contribution is 2.29. The van der Waals surface area contributed by atoms with E-state index in [1.165, 1.54) is 23.3 Å². The Kier molecular flexibility index (Phi) is 6.05. The molecule has 4 heteroatoms. The maximum atomic E-state index is 12.2. The van der Waals surface area contributed by atoms with Gasteiger partial charge in [0.1, 0.15) is 0 Å². The zero-order valence-corrected chi connectivity index (χ0v) is 13.1. The van der Waals surface area contributed by atoms with Gasteiger partial charge in [0.05, 0.1) is 4.88 Å². The van der Waals surface area contributed by atoms with Crippen LogP contribution in [0.25, 0.3) is 0 Å². The van der Waals surface area contributed by atoms with Gasteiger partial charge in [0.15, 0.2) is 0 Å². The van der Waals surface area contributed by atoms with Gasteiger partial charge < -0.3 is 10.4 Å². The minimum atomic E-state index is 0.0587. The second-order valence-electron chi connectivity index (χ2n) is 5.64. The molecular formula is C16H25NO2S. The number of amides is 1. The first kappa shape index (κ1) is 15.5. The second kappa shape index (κ2) is 7.79. The fraction of sp³-hybridized carbons (Fsp3) is 0.688. The quantitative estimate of drug-likeness (QED) is 0.812. The molecule has 2 rings (SSSR count). The summed E-state index contributed by atoms with van der Waals surface area (Å²) in [6.07, 6.45) is 7.69. The minimum absolute atomic E-state index is 0.0587. The number of thiophene rings is 1. The van der Waals surface area contributed by atoms with Crippen molar-refractivity contribution in [3.8, 4) is 0 Å². The van der Waals surface area contributed by atoms with E-state index in [-0.39, 0.29) is 12.5 Å². The van der Waals surface area contributed by atoms with E-state index < -0.39 is 0 Å². The number of nitrogens with one attached hydrogen (secondary N) is 1. The first-order valence-electron chi connectivity index (χ1n) is 7.75. The van der Waals surface area contributed by atoms with Crippen molar-refractivity contribution >= 4 is 17.2 Å². The Balaban J connectivity index is 1.89. The number of carbonyl (C=O) groups is 1. The molecule has 1 atom stereocenters. The Morgan fingerprint density at radius 2 is 2.20 bits per heavy atom. The summed E-state index contributed by atoms with van der Waals surface area (Å²) in [6.45, 7) is 3.02. The van der Waals surface area contributed by atoms with Crippen molar-refractivity contribution in [1.29, 1.82) is 0 Å². The fourth-order valence-corrected chi connectivity index (χ4v) is 4.04. The Morgan fingerprint density at radius 3 is 2.90 bits per heavy atom. The van der Waals surface area contributed by atoms with Crippen molar-refractivity contribution in [1.82, 2.24) is 5.32 Å². The van der Waals surface area contributed by atoms with Gasteiger partial charge in [0, 0.05) is 18.0 Å². The topological polar surface area (TPSA) is 49.3 Å². The zero-order chi connectivity index (χ0) is 14.4. The van der Waals surface area contributed by atoms with Crippen molar-refractivity contribution < 1.29 is 9.90 Å². The van der Waals surface area contributed by atoms with Gasteiger partial charge in [-0.3, -0.25) is 4.79 Å². The number of aliphatic hydroxyl groups excluding tert-OH is 1. The van der Waals surface area contributed by atoms with Crippen LogP contribution in [0, 0.1) is 5.92 Å². The van der Waals surface area contributed by atoms with Crippen LogP contribution in [0.3, 0.4) is 0 Å². The van der Waals surface area contributed by atoms with Gasteiger partial charge in [-0.25, -0.2) is 0 Å². The molecule has 0 aliphatic heterocycles. The minimum Gasteiger partial charge on any atom is -0.396 e. The number of hydrogen-bond acceptors (Lipinski definition) is 3. The van der Waals surface area contributed by atoms with E-state index in [0.717, 1.165) is 37.0 Å². The smallest absolute Gasteiger partial charge is 0.261 e. The lowest BCUT2D eigenvalue weighted by atomic mass is 9.99. The Bertz CT molecular complexity index is 412. The predicted octanol–water partition coefficient (Wildman–Crippen LogP) is 3.16. The normalized spacial score (nSPS) is 15.7. The molecule has 1 aliphatic rings. The summed E-state index contributed by atoms with van der Waals surface area (Å²) >= 11 is 1.66. The van der Waals surface area contributed by atoms with Crippen molar-refractivity contribution in [2.24, 2.45) is 5.92 Å². The molecule has 112 valence electrons. The molecule has 20 heavy (non-hydrogen) atoms. The Labute approximate surface area is 125 Å². The molecule has 1 unspecified atom stereocenters. The maximum Gasteiger partial charge on any atom is 0.261 e. The first-order chi connectivity index (χ1) is 9.74. The van der Waals surface area contributed by atoms with Crippen molar-refractivity contribution in [2.75, 3.05) is 13.2 Å². The SMILES string of the molecule is CCCC(CCO)CNC(=O)c1cc2c(s1)CCCC2. The van der Waals surface area contributed by atoms with Gasteiger partial charge in [-0.15, -0.1) is 11.3 Å². The van der Waals surface area contributed by atoms with Crippen LogP contribution in [0.2, 0.25) is 0 Å². The lowest BCUT2D eigenvalue weighted by molar-refractivity contribution is 0.0947. The first-order valence-corrected chi connectivity index (χ1v) is 8.56. The molecule has 0 aromatic carbocycles. The van der Waals surface area contributed by atoms with Crippen LogP contribution >= 0.6 is 11.3 Å². The third kappa shape index (κ3) is 4.06. The number of aliphatic hydroxyl groups is 1. The molecule has 0 saturated heterocycles. The summed E-state index contributed by atoms with van der Waals surface area (Å²) < 4.78 is 0. The highest BCUT2D eigenvalue weighted by atomic mass is 32.1. The van der Waals surface area contributed by atoms with Crippen LogP contribution in [0.4, 0.5) is 0 Å². The molecule has 0 saturated carbocycles. The molecule has 1 amide bonds. The van der Waals surface area contributed by atoms with E-state index in [9.17, 15) is 4.79 Å². The standard InChI is InChI=1S/C16H25NO2S/c1-2-5-12(8-9-18)11-17-16(19)15-10-13-6-3-4-7-14(13)20-15/h10,12,18H,2-9,11H2,1H3,(H,17,19). The van der Waals surface area contributed by atoms with Gasteiger partial charge in [-0.2, -0.15) is 0 Å². The number of hydrogen-bond donors (Lipinski definition) is 2. The van der Waals surface area contributed by atoms with Gasteiger partial charge >= 0.3 is 0 Å². The van der Waals surface area contributed by atoms with E-state index in [1.807, 2.05) is 0 Å². The van der Waals surface area contributed by atoms with E-state index in [4.69, 9.17) is 5.11 Å². The maximum absolute atomic E-state index is 12.2. The lowest BCUT2D eigenvalue weighted by Gasteiger charge is -2.15. The van der Waals surface area contributed by atoms with Crippen LogP contribution in [-0.4, -0.2) is 24.2 Å². The predicted molar refractivity (Wildman–Crippen MR) is 83.4 cm³/mol. The van der Waals surface area contributed by atoms with Gasteiger partial charge in [0.25, 0.3) is 5.91 Å². The molecule has 1 aromatic rings. The van der Waals surface area contributed by atoms with Gasteiger partial charge in [-0.05, 0) is 56.1 Å². The molecule has 2 N–H and O–H groups in total. The van der Waals surface area contributed by atoms with Gasteiger partial charge in [0.2, 0.25) is 0 Å². The van der Waals surface area contributed by atoms with E-state index >= 15 is 0 Å². The molecular weight excluding hydrogens is 270 g/mol. The number of rotatable bonds is 7. The fourth-order valence-electron chi connectivity index (χ4n) is 2.87. The number of carbonyl (C=O) groups excluding carboxylic acids is 1. The zero-order valence-electron chi connectivity index (χ0n) is 12.3. The number of fused-ring (bicyclic) bond motifs is 1. The van der Waals surface area contributed by atoms with Crippen LogP contribution in [0.15, 0.2) is 6.07 Å². The Morgan fingerprint density at radius 1 is 1.40 bits per heavy atom. The molecule has 1 aliphatic carbocycles. The molecule has 0 fully saturated rings. The molecule has 0 bridgehead atoms. The summed E-state index contributed by atoms with van der Waals surface area (Å²) in [5.74, 6) is 0.451. The number of aryl methyl sites for hydroxylation is 2. The highest BCUT2D eigenvalue weighted by molar-refractivity contribution is 7.14. The van der Waals surface area contributed by atoms with Crippen LogP contribution in [0.1, 0.15) is 59.1 Å². The van der Waals surface area contributed by atoms with Crippen molar-refractivity contribution in [2.45, 2.75) is 51.9 Å². The third-order valence-electron chi connectivity index (χ3n) is 4.01. The molecule has 0 spiro atoms. The highest BCUT2D eigenvalue weighted by Gasteiger charge is 2.17. The Hall–Kier alpha value is -0.870. The van der Waals surface area contributed by atoms with Crippen LogP contribution in [0.5, 0.6) is 0 Å². The molecule has 3 nitrogen and oxygen atoms in total. The monoisotopic (exact) mass is 295 g/mol. The van der Waals surface area contributed by atoms with Crippen LogP contribution < -0.4 is 5.32 Å². The summed E-state index contributed by atoms with van der Waals surface area (Å²) in [6, 6.07) is 2.08. The summed E-state index contributed by atoms with van der Waals surface area (Å²) in [5, 5.41) is 12.1. The van der Waals surface area contributed by atoms with Gasteiger partial charge in [-0.1, -0.05) is 13.3 Å². The average Bonchev–Trinajstić information content (AvgIpc) is 2.89. The van der Waals surface area contributed by atoms with E-state index in [0.29, 0.717) is 12.5 Å². The lowest BCUT2D eigenvalue weighted by Crippen LogP contribution is -2.29. The third-order valence-corrected chi connectivity index (χ3v) is 5.24. The summed E-state index contributed by atoms with van der Waals surface area (Å²) in [4.78, 5) is 14.5. The summed E-state index contributed by atoms with van der Waals surface area (Å²) in [5.41, 5.74) is 1.38. The van der Waals surface area contributed by atoms with E-state index in [1.54, 1.807) is 11.3 Å². The van der Waals surface area contributed by atoms with E-state index in [2.05, 4.69) is 18.3 Å². The molecule has 0 radical (unpaired) electrons. The molecule has 1 aromatic heterocycles. The second-order valence-corrected chi connectivity index (χ2v) is 6.78. The van der Waals surface area contributed by atoms with Crippen molar-refractivity contribution in [3.63, 3.8) is 0 Å². The summed E-state index contributed by atoms with van der Waals surface area (Å²) in [7, 11) is 0. The molecule has 1 heterocycles. The van der Waals surface area contributed by atoms with Crippen molar-refractivity contribution in [3.05, 3.63) is 21.4 Å². The van der Waals surface area contributed by atoms with Crippen LogP contribution in [-0.2, 0) is 12.8 Å². The average molecular weight is 295 g/mol.